The Morgan fingerprint density at radius 2 is 0.857 bits per heavy atom. The highest BCUT2D eigenvalue weighted by Gasteiger charge is 2.52. The van der Waals surface area contributed by atoms with Gasteiger partial charge in [-0.1, -0.05) is 164 Å². The van der Waals surface area contributed by atoms with Crippen molar-refractivity contribution in [3.05, 3.63) is 223 Å². The number of benzene rings is 7. The quantitative estimate of drug-likeness (QED) is 0.178. The van der Waals surface area contributed by atoms with E-state index in [1.807, 2.05) is 48.7 Å². The molecule has 7 aromatic carbocycles. The normalized spacial score (nSPS) is 12.9. The largest absolute Gasteiger partial charge is 0.457 e. The molecule has 4 nitrogen and oxygen atoms in total. The third kappa shape index (κ3) is 5.04. The van der Waals surface area contributed by atoms with E-state index >= 15 is 0 Å². The molecule has 0 fully saturated rings. The molecule has 2 aliphatic rings. The van der Waals surface area contributed by atoms with Gasteiger partial charge in [-0.3, -0.25) is 4.98 Å². The standard InChI is InChI=1S/C52H33N3O/c1-3-12-34(13-4-1)35-21-25-37(26-22-35)46-33-47(55-51(54-46)39-14-5-2-6-15-39)38-27-23-36(24-28-38)40-29-30-41-42-16-11-31-53-50(42)52(45(41)32-40)43-17-7-9-19-48(43)56-49-20-10-8-18-44(49)52/h1-33H. The fraction of sp³-hybridized carbons (Fsp3) is 0.0192. The van der Waals surface area contributed by atoms with Crippen molar-refractivity contribution in [3.63, 3.8) is 0 Å². The van der Waals surface area contributed by atoms with Gasteiger partial charge >= 0.3 is 0 Å². The predicted molar refractivity (Wildman–Crippen MR) is 224 cm³/mol. The summed E-state index contributed by atoms with van der Waals surface area (Å²) in [5.74, 6) is 2.41. The molecule has 0 N–H and O–H groups in total. The fourth-order valence-electron chi connectivity index (χ4n) is 8.61. The molecule has 2 aromatic heterocycles. The highest BCUT2D eigenvalue weighted by atomic mass is 16.5. The summed E-state index contributed by atoms with van der Waals surface area (Å²) < 4.78 is 6.52. The minimum atomic E-state index is -0.613. The maximum absolute atomic E-state index is 6.52. The molecular formula is C52H33N3O. The van der Waals surface area contributed by atoms with Crippen molar-refractivity contribution in [2.75, 3.05) is 0 Å². The lowest BCUT2D eigenvalue weighted by Gasteiger charge is -2.38. The topological polar surface area (TPSA) is 47.9 Å². The molecule has 0 atom stereocenters. The van der Waals surface area contributed by atoms with Crippen LogP contribution in [0.2, 0.25) is 0 Å². The lowest BCUT2D eigenvalue weighted by molar-refractivity contribution is 0.434. The molecule has 1 spiro atoms. The van der Waals surface area contributed by atoms with Crippen molar-refractivity contribution in [2.45, 2.75) is 5.41 Å². The summed E-state index contributed by atoms with van der Waals surface area (Å²) >= 11 is 0. The Labute approximate surface area is 325 Å². The smallest absolute Gasteiger partial charge is 0.160 e. The second kappa shape index (κ2) is 12.9. The van der Waals surface area contributed by atoms with E-state index in [-0.39, 0.29) is 0 Å². The molecule has 1 aliphatic heterocycles. The van der Waals surface area contributed by atoms with Crippen LogP contribution in [0.5, 0.6) is 11.5 Å². The van der Waals surface area contributed by atoms with Gasteiger partial charge in [-0.05, 0) is 63.7 Å². The first-order chi connectivity index (χ1) is 27.7. The van der Waals surface area contributed by atoms with Crippen molar-refractivity contribution in [1.29, 1.82) is 0 Å². The van der Waals surface area contributed by atoms with Crippen LogP contribution in [0.25, 0.3) is 67.3 Å². The van der Waals surface area contributed by atoms with Gasteiger partial charge in [-0.25, -0.2) is 9.97 Å². The zero-order valence-corrected chi connectivity index (χ0v) is 30.3. The van der Waals surface area contributed by atoms with Crippen LogP contribution in [0.4, 0.5) is 0 Å². The molecule has 262 valence electrons. The minimum absolute atomic E-state index is 0.613. The third-order valence-electron chi connectivity index (χ3n) is 11.2. The number of fused-ring (bicyclic) bond motifs is 9. The number of rotatable bonds is 5. The van der Waals surface area contributed by atoms with E-state index in [0.717, 1.165) is 73.1 Å². The van der Waals surface area contributed by atoms with Crippen LogP contribution in [0.3, 0.4) is 0 Å². The molecule has 0 saturated carbocycles. The number of nitrogens with zero attached hydrogens (tertiary/aromatic N) is 3. The van der Waals surface area contributed by atoms with Gasteiger partial charge in [0.25, 0.3) is 0 Å². The van der Waals surface area contributed by atoms with E-state index in [1.165, 1.54) is 22.3 Å². The average Bonchev–Trinajstić information content (AvgIpc) is 3.57. The van der Waals surface area contributed by atoms with Crippen LogP contribution in [0.1, 0.15) is 22.4 Å². The molecule has 0 bridgehead atoms. The van der Waals surface area contributed by atoms with E-state index in [0.29, 0.717) is 5.82 Å². The molecule has 4 heteroatoms. The highest BCUT2D eigenvalue weighted by Crippen LogP contribution is 2.61. The first kappa shape index (κ1) is 32.0. The average molecular weight is 716 g/mol. The van der Waals surface area contributed by atoms with Crippen molar-refractivity contribution >= 4 is 0 Å². The monoisotopic (exact) mass is 715 g/mol. The van der Waals surface area contributed by atoms with Crippen molar-refractivity contribution in [1.82, 2.24) is 15.0 Å². The van der Waals surface area contributed by atoms with Crippen molar-refractivity contribution < 1.29 is 4.74 Å². The van der Waals surface area contributed by atoms with Crippen LogP contribution in [-0.4, -0.2) is 15.0 Å². The Morgan fingerprint density at radius 3 is 1.48 bits per heavy atom. The SMILES string of the molecule is c1ccc(-c2ccc(-c3cc(-c4ccc(-c5ccc6c(c5)C5(c7ccccc7Oc7ccccc75)c5ncccc5-6)cc4)nc(-c4ccccc4)n3)cc2)cc1. The van der Waals surface area contributed by atoms with Gasteiger partial charge in [0.05, 0.1) is 22.5 Å². The molecule has 0 saturated heterocycles. The minimum Gasteiger partial charge on any atom is -0.457 e. The molecule has 1 aliphatic carbocycles. The van der Waals surface area contributed by atoms with Gasteiger partial charge in [0, 0.05) is 39.6 Å². The molecule has 0 amide bonds. The Kier molecular flexibility index (Phi) is 7.36. The van der Waals surface area contributed by atoms with Crippen molar-refractivity contribution in [2.24, 2.45) is 0 Å². The first-order valence-corrected chi connectivity index (χ1v) is 18.9. The predicted octanol–water partition coefficient (Wildman–Crippen LogP) is 12.7. The van der Waals surface area contributed by atoms with Crippen molar-refractivity contribution in [3.8, 4) is 78.8 Å². The van der Waals surface area contributed by atoms with E-state index in [9.17, 15) is 0 Å². The summed E-state index contributed by atoms with van der Waals surface area (Å²) in [6, 6.07) is 68.0. The van der Waals surface area contributed by atoms with Crippen LogP contribution in [0.15, 0.2) is 200 Å². The van der Waals surface area contributed by atoms with E-state index in [4.69, 9.17) is 19.7 Å². The number of pyridine rings is 1. The van der Waals surface area contributed by atoms with Crippen LogP contribution in [0, 0.1) is 0 Å². The second-order valence-corrected chi connectivity index (χ2v) is 14.4. The Bertz CT molecular complexity index is 2880. The highest BCUT2D eigenvalue weighted by molar-refractivity contribution is 5.89. The van der Waals surface area contributed by atoms with E-state index in [2.05, 4.69) is 152 Å². The molecule has 3 heterocycles. The molecule has 9 aromatic rings. The summed E-state index contributed by atoms with van der Waals surface area (Å²) in [6.45, 7) is 0. The zero-order chi connectivity index (χ0) is 37.1. The maximum Gasteiger partial charge on any atom is 0.160 e. The van der Waals surface area contributed by atoms with Gasteiger partial charge in [0.1, 0.15) is 11.5 Å². The van der Waals surface area contributed by atoms with Gasteiger partial charge in [0.15, 0.2) is 5.82 Å². The molecule has 56 heavy (non-hydrogen) atoms. The zero-order valence-electron chi connectivity index (χ0n) is 30.3. The number of ether oxygens (including phenoxy) is 1. The lowest BCUT2D eigenvalue weighted by atomic mass is 9.67. The molecular weight excluding hydrogens is 683 g/mol. The Balaban J connectivity index is 1.01. The van der Waals surface area contributed by atoms with Gasteiger partial charge in [-0.2, -0.15) is 0 Å². The second-order valence-electron chi connectivity index (χ2n) is 14.4. The van der Waals surface area contributed by atoms with Crippen LogP contribution < -0.4 is 4.74 Å². The summed E-state index contributed by atoms with van der Waals surface area (Å²) in [5.41, 5.74) is 15.6. The number of aromatic nitrogens is 3. The molecule has 0 unspecified atom stereocenters. The lowest BCUT2D eigenvalue weighted by Crippen LogP contribution is -2.33. The Morgan fingerprint density at radius 1 is 0.357 bits per heavy atom. The Hall–Kier alpha value is -7.43. The van der Waals surface area contributed by atoms with E-state index in [1.54, 1.807) is 0 Å². The summed E-state index contributed by atoms with van der Waals surface area (Å²) in [7, 11) is 0. The number of hydrogen-bond donors (Lipinski definition) is 0. The van der Waals surface area contributed by atoms with Gasteiger partial charge in [-0.15, -0.1) is 0 Å². The fourth-order valence-corrected chi connectivity index (χ4v) is 8.61. The van der Waals surface area contributed by atoms with Crippen LogP contribution >= 0.6 is 0 Å². The summed E-state index contributed by atoms with van der Waals surface area (Å²) in [6.07, 6.45) is 1.91. The van der Waals surface area contributed by atoms with Crippen LogP contribution in [-0.2, 0) is 5.41 Å². The third-order valence-corrected chi connectivity index (χ3v) is 11.2. The summed E-state index contributed by atoms with van der Waals surface area (Å²) in [4.78, 5) is 15.3. The molecule has 11 rings (SSSR count). The van der Waals surface area contributed by atoms with Gasteiger partial charge < -0.3 is 4.74 Å². The number of para-hydroxylation sites is 2. The number of hydrogen-bond acceptors (Lipinski definition) is 4. The first-order valence-electron chi connectivity index (χ1n) is 18.9. The van der Waals surface area contributed by atoms with Gasteiger partial charge in [0.2, 0.25) is 0 Å². The molecule has 0 radical (unpaired) electrons. The van der Waals surface area contributed by atoms with E-state index < -0.39 is 5.41 Å². The maximum atomic E-state index is 6.52. The summed E-state index contributed by atoms with van der Waals surface area (Å²) in [5, 5.41) is 0.